The summed E-state index contributed by atoms with van der Waals surface area (Å²) in [5, 5.41) is 5.03. The number of hydrogen-bond donors (Lipinski definition) is 2. The van der Waals surface area contributed by atoms with Crippen molar-refractivity contribution < 1.29 is 4.79 Å². The lowest BCUT2D eigenvalue weighted by molar-refractivity contribution is -0.123. The molecule has 2 atom stereocenters. The number of carbonyl (C=O) groups is 1. The molecule has 0 aromatic carbocycles. The van der Waals surface area contributed by atoms with Crippen molar-refractivity contribution in [3.05, 3.63) is 22.4 Å². The molecule has 1 aromatic rings. The summed E-state index contributed by atoms with van der Waals surface area (Å²) in [7, 11) is 0. The minimum absolute atomic E-state index is 0.0458. The normalized spacial score (nSPS) is 20.3. The van der Waals surface area contributed by atoms with Crippen LogP contribution in [0, 0.1) is 5.92 Å². The fourth-order valence-corrected chi connectivity index (χ4v) is 3.39. The van der Waals surface area contributed by atoms with Gasteiger partial charge in [0.15, 0.2) is 0 Å². The van der Waals surface area contributed by atoms with Gasteiger partial charge in [0.25, 0.3) is 0 Å². The molecular weight excluding hydrogens is 244 g/mol. The smallest absolute Gasteiger partial charge is 0.242 e. The van der Waals surface area contributed by atoms with Crippen molar-refractivity contribution in [2.45, 2.75) is 51.1 Å². The van der Waals surface area contributed by atoms with Gasteiger partial charge in [0, 0.05) is 10.9 Å². The van der Waals surface area contributed by atoms with Gasteiger partial charge in [-0.2, -0.15) is 0 Å². The van der Waals surface area contributed by atoms with Gasteiger partial charge in [-0.05, 0) is 37.1 Å². The van der Waals surface area contributed by atoms with E-state index in [1.54, 1.807) is 0 Å². The van der Waals surface area contributed by atoms with E-state index < -0.39 is 6.04 Å². The molecule has 1 saturated carbocycles. The van der Waals surface area contributed by atoms with Gasteiger partial charge in [0.1, 0.15) is 6.04 Å². The summed E-state index contributed by atoms with van der Waals surface area (Å²) in [4.78, 5) is 13.0. The molecule has 0 saturated heterocycles. The van der Waals surface area contributed by atoms with E-state index in [1.807, 2.05) is 17.5 Å². The molecule has 0 radical (unpaired) electrons. The Labute approximate surface area is 113 Å². The topological polar surface area (TPSA) is 55.1 Å². The predicted molar refractivity (Wildman–Crippen MR) is 75.4 cm³/mol. The molecule has 0 bridgehead atoms. The molecule has 1 aliphatic rings. The molecule has 1 amide bonds. The summed E-state index contributed by atoms with van der Waals surface area (Å²) in [5.41, 5.74) is 5.96. The first-order valence-electron chi connectivity index (χ1n) is 6.78. The maximum Gasteiger partial charge on any atom is 0.242 e. The van der Waals surface area contributed by atoms with Crippen LogP contribution in [-0.4, -0.2) is 11.9 Å². The molecule has 1 aliphatic carbocycles. The number of thiophene rings is 1. The Bertz CT molecular complexity index is 371. The molecule has 100 valence electrons. The minimum Gasteiger partial charge on any atom is -0.352 e. The minimum atomic E-state index is -0.518. The van der Waals surface area contributed by atoms with Gasteiger partial charge in [0.2, 0.25) is 5.91 Å². The Morgan fingerprint density at radius 2 is 2.17 bits per heavy atom. The third kappa shape index (κ3) is 3.33. The Morgan fingerprint density at radius 1 is 1.44 bits per heavy atom. The Hall–Kier alpha value is -0.870. The van der Waals surface area contributed by atoms with Crippen molar-refractivity contribution in [3.63, 3.8) is 0 Å². The fraction of sp³-hybridized carbons (Fsp3) is 0.643. The molecule has 2 rings (SSSR count). The molecular formula is C14H22N2OS. The number of carbonyl (C=O) groups excluding carboxylic acids is 1. The lowest BCUT2D eigenvalue weighted by Crippen LogP contribution is -2.43. The van der Waals surface area contributed by atoms with Crippen LogP contribution < -0.4 is 11.1 Å². The summed E-state index contributed by atoms with van der Waals surface area (Å²) in [6, 6.07) is 3.57. The van der Waals surface area contributed by atoms with Gasteiger partial charge in [-0.3, -0.25) is 4.79 Å². The third-order valence-corrected chi connectivity index (χ3v) is 4.81. The SMILES string of the molecule is C[C@@H](NC(=O)C(N)c1cccs1)C1CCCCC1. The van der Waals surface area contributed by atoms with E-state index in [9.17, 15) is 4.79 Å². The first-order valence-corrected chi connectivity index (χ1v) is 7.66. The van der Waals surface area contributed by atoms with Crippen LogP contribution in [0.2, 0.25) is 0 Å². The Kier molecular flexibility index (Phi) is 4.78. The first kappa shape index (κ1) is 13.6. The highest BCUT2D eigenvalue weighted by Gasteiger charge is 2.24. The van der Waals surface area contributed by atoms with Crippen LogP contribution >= 0.6 is 11.3 Å². The number of nitrogens with one attached hydrogen (secondary N) is 1. The van der Waals surface area contributed by atoms with E-state index >= 15 is 0 Å². The van der Waals surface area contributed by atoms with E-state index in [0.29, 0.717) is 5.92 Å². The van der Waals surface area contributed by atoms with Crippen LogP contribution in [0.4, 0.5) is 0 Å². The van der Waals surface area contributed by atoms with Gasteiger partial charge in [-0.1, -0.05) is 25.3 Å². The highest BCUT2D eigenvalue weighted by molar-refractivity contribution is 7.10. The zero-order valence-electron chi connectivity index (χ0n) is 10.9. The molecule has 1 aromatic heterocycles. The zero-order valence-corrected chi connectivity index (χ0v) is 11.7. The van der Waals surface area contributed by atoms with Crippen molar-refractivity contribution in [1.29, 1.82) is 0 Å². The fourth-order valence-electron chi connectivity index (χ4n) is 2.66. The predicted octanol–water partition coefficient (Wildman–Crippen LogP) is 2.83. The largest absolute Gasteiger partial charge is 0.352 e. The highest BCUT2D eigenvalue weighted by Crippen LogP contribution is 2.26. The molecule has 1 unspecified atom stereocenters. The van der Waals surface area contributed by atoms with Gasteiger partial charge >= 0.3 is 0 Å². The van der Waals surface area contributed by atoms with Gasteiger partial charge < -0.3 is 11.1 Å². The number of nitrogens with two attached hydrogens (primary N) is 1. The molecule has 0 aliphatic heterocycles. The van der Waals surface area contributed by atoms with Crippen LogP contribution in [0.1, 0.15) is 49.9 Å². The van der Waals surface area contributed by atoms with Crippen LogP contribution in [0.5, 0.6) is 0 Å². The molecule has 1 fully saturated rings. The number of amides is 1. The van der Waals surface area contributed by atoms with Crippen molar-refractivity contribution in [1.82, 2.24) is 5.32 Å². The van der Waals surface area contributed by atoms with E-state index in [2.05, 4.69) is 12.2 Å². The van der Waals surface area contributed by atoms with E-state index in [-0.39, 0.29) is 11.9 Å². The molecule has 4 heteroatoms. The van der Waals surface area contributed by atoms with E-state index in [4.69, 9.17) is 5.73 Å². The maximum absolute atomic E-state index is 12.1. The summed E-state index contributed by atoms with van der Waals surface area (Å²) >= 11 is 1.54. The van der Waals surface area contributed by atoms with Crippen molar-refractivity contribution in [2.24, 2.45) is 11.7 Å². The monoisotopic (exact) mass is 266 g/mol. The van der Waals surface area contributed by atoms with Gasteiger partial charge in [-0.15, -0.1) is 11.3 Å². The second-order valence-electron chi connectivity index (χ2n) is 5.19. The first-order chi connectivity index (χ1) is 8.68. The van der Waals surface area contributed by atoms with Crippen molar-refractivity contribution in [3.8, 4) is 0 Å². The average molecular weight is 266 g/mol. The van der Waals surface area contributed by atoms with Gasteiger partial charge in [0.05, 0.1) is 0 Å². The maximum atomic E-state index is 12.1. The van der Waals surface area contributed by atoms with Crippen LogP contribution in [-0.2, 0) is 4.79 Å². The Morgan fingerprint density at radius 3 is 2.78 bits per heavy atom. The molecule has 1 heterocycles. The van der Waals surface area contributed by atoms with Crippen LogP contribution in [0.15, 0.2) is 17.5 Å². The summed E-state index contributed by atoms with van der Waals surface area (Å²) in [6.07, 6.45) is 6.39. The number of hydrogen-bond acceptors (Lipinski definition) is 3. The van der Waals surface area contributed by atoms with Crippen LogP contribution in [0.3, 0.4) is 0 Å². The van der Waals surface area contributed by atoms with E-state index in [0.717, 1.165) is 4.88 Å². The molecule has 3 N–H and O–H groups in total. The highest BCUT2D eigenvalue weighted by atomic mass is 32.1. The average Bonchev–Trinajstić information content (AvgIpc) is 2.92. The number of rotatable bonds is 4. The standard InChI is InChI=1S/C14H22N2OS/c1-10(11-6-3-2-4-7-11)16-14(17)13(15)12-8-5-9-18-12/h5,8-11,13H,2-4,6-7,15H2,1H3,(H,16,17)/t10-,13?/m1/s1. The summed E-state index contributed by atoms with van der Waals surface area (Å²) in [6.45, 7) is 2.11. The quantitative estimate of drug-likeness (QED) is 0.880. The van der Waals surface area contributed by atoms with Crippen LogP contribution in [0.25, 0.3) is 0 Å². The lowest BCUT2D eigenvalue weighted by Gasteiger charge is -2.29. The van der Waals surface area contributed by atoms with Crippen molar-refractivity contribution in [2.75, 3.05) is 0 Å². The molecule has 18 heavy (non-hydrogen) atoms. The molecule has 3 nitrogen and oxygen atoms in total. The molecule has 0 spiro atoms. The zero-order chi connectivity index (χ0) is 13.0. The second-order valence-corrected chi connectivity index (χ2v) is 6.17. The lowest BCUT2D eigenvalue weighted by atomic mass is 9.84. The summed E-state index contributed by atoms with van der Waals surface area (Å²) < 4.78 is 0. The second kappa shape index (κ2) is 6.34. The van der Waals surface area contributed by atoms with Gasteiger partial charge in [-0.25, -0.2) is 0 Å². The third-order valence-electron chi connectivity index (χ3n) is 3.86. The Balaban J connectivity index is 1.86. The van der Waals surface area contributed by atoms with Crippen molar-refractivity contribution >= 4 is 17.2 Å². The van der Waals surface area contributed by atoms with E-state index in [1.165, 1.54) is 43.4 Å². The summed E-state index contributed by atoms with van der Waals surface area (Å²) in [5.74, 6) is 0.578.